The van der Waals surface area contributed by atoms with Gasteiger partial charge >= 0.3 is 0 Å². The Morgan fingerprint density at radius 2 is 1.00 bits per heavy atom. The molecule has 1 aromatic rings. The van der Waals surface area contributed by atoms with Gasteiger partial charge in [0.05, 0.1) is 6.61 Å². The molecule has 0 aliphatic heterocycles. The second-order valence-electron chi connectivity index (χ2n) is 8.88. The van der Waals surface area contributed by atoms with Gasteiger partial charge in [0, 0.05) is 5.56 Å². The van der Waals surface area contributed by atoms with Crippen LogP contribution in [0.2, 0.25) is 0 Å². The first-order valence-corrected chi connectivity index (χ1v) is 12.7. The first kappa shape index (κ1) is 26.0. The van der Waals surface area contributed by atoms with E-state index in [-0.39, 0.29) is 12.4 Å². The van der Waals surface area contributed by atoms with Gasteiger partial charge in [-0.3, -0.25) is 0 Å². The lowest BCUT2D eigenvalue weighted by Gasteiger charge is -2.06. The normalized spacial score (nSPS) is 11.2. The molecule has 0 atom stereocenters. The predicted octanol–water partition coefficient (Wildman–Crippen LogP) is 8.47. The monoisotopic (exact) mass is 404 g/mol. The molecule has 0 saturated carbocycles. The van der Waals surface area contributed by atoms with Gasteiger partial charge in [-0.15, -0.1) is 0 Å². The summed E-state index contributed by atoms with van der Waals surface area (Å²) in [6.45, 7) is 2.20. The lowest BCUT2D eigenvalue weighted by molar-refractivity contribution is 0.275. The molecule has 2 heteroatoms. The molecular formula is C27H48O2. The standard InChI is InChI=1S/C27H48O2/c1-2-3-4-5-6-7-8-9-10-11-12-13-14-15-16-17-18-19-20-25-21-22-27(29)26(23-25)24-28/h21-23,28-29H,2-20,24H2,1H3. The summed E-state index contributed by atoms with van der Waals surface area (Å²) in [6.07, 6.45) is 26.3. The number of aliphatic hydroxyl groups is 1. The smallest absolute Gasteiger partial charge is 0.121 e. The summed E-state index contributed by atoms with van der Waals surface area (Å²) < 4.78 is 0. The van der Waals surface area contributed by atoms with E-state index in [2.05, 4.69) is 6.92 Å². The van der Waals surface area contributed by atoms with Crippen molar-refractivity contribution in [2.24, 2.45) is 0 Å². The van der Waals surface area contributed by atoms with Crippen molar-refractivity contribution in [1.82, 2.24) is 0 Å². The Kier molecular flexibility index (Phi) is 17.0. The molecule has 0 heterocycles. The molecule has 2 N–H and O–H groups in total. The van der Waals surface area contributed by atoms with Gasteiger partial charge in [0.25, 0.3) is 0 Å². The van der Waals surface area contributed by atoms with Crippen LogP contribution in [0.1, 0.15) is 134 Å². The fraction of sp³-hybridized carbons (Fsp3) is 0.778. The maximum Gasteiger partial charge on any atom is 0.121 e. The van der Waals surface area contributed by atoms with Crippen LogP contribution in [0.5, 0.6) is 5.75 Å². The molecule has 1 rings (SSSR count). The third-order valence-corrected chi connectivity index (χ3v) is 6.13. The van der Waals surface area contributed by atoms with Crippen molar-refractivity contribution in [3.05, 3.63) is 29.3 Å². The molecule has 168 valence electrons. The average molecular weight is 405 g/mol. The maximum absolute atomic E-state index is 9.60. The topological polar surface area (TPSA) is 40.5 Å². The van der Waals surface area contributed by atoms with Crippen LogP contribution in [-0.4, -0.2) is 10.2 Å². The molecule has 0 radical (unpaired) electrons. The van der Waals surface area contributed by atoms with Gasteiger partial charge in [-0.05, 0) is 30.5 Å². The van der Waals surface area contributed by atoms with Gasteiger partial charge in [-0.2, -0.15) is 0 Å². The fourth-order valence-electron chi connectivity index (χ4n) is 4.15. The maximum atomic E-state index is 9.60. The third-order valence-electron chi connectivity index (χ3n) is 6.13. The molecule has 29 heavy (non-hydrogen) atoms. The van der Waals surface area contributed by atoms with Crippen molar-refractivity contribution in [3.8, 4) is 5.75 Å². The Bertz CT molecular complexity index is 483. The highest BCUT2D eigenvalue weighted by molar-refractivity contribution is 5.35. The van der Waals surface area contributed by atoms with E-state index in [9.17, 15) is 10.2 Å². The minimum Gasteiger partial charge on any atom is -0.508 e. The van der Waals surface area contributed by atoms with Crippen LogP contribution in [0.4, 0.5) is 0 Å². The Labute approximate surface area is 181 Å². The van der Waals surface area contributed by atoms with Gasteiger partial charge in [-0.25, -0.2) is 0 Å². The van der Waals surface area contributed by atoms with Crippen LogP contribution in [0.25, 0.3) is 0 Å². The van der Waals surface area contributed by atoms with Crippen LogP contribution in [-0.2, 0) is 13.0 Å². The van der Waals surface area contributed by atoms with Crippen molar-refractivity contribution < 1.29 is 10.2 Å². The highest BCUT2D eigenvalue weighted by atomic mass is 16.3. The summed E-state index contributed by atoms with van der Waals surface area (Å²) in [4.78, 5) is 0. The molecular weight excluding hydrogens is 356 g/mol. The number of hydrogen-bond donors (Lipinski definition) is 2. The highest BCUT2D eigenvalue weighted by Gasteiger charge is 2.02. The minimum absolute atomic E-state index is 0.0845. The quantitative estimate of drug-likeness (QED) is 0.214. The summed E-state index contributed by atoms with van der Waals surface area (Å²) in [5, 5.41) is 18.8. The Balaban J connectivity index is 1.79. The lowest BCUT2D eigenvalue weighted by atomic mass is 10.0. The van der Waals surface area contributed by atoms with Crippen LogP contribution < -0.4 is 0 Å². The summed E-state index contributed by atoms with van der Waals surface area (Å²) in [5.41, 5.74) is 1.87. The number of rotatable bonds is 20. The summed E-state index contributed by atoms with van der Waals surface area (Å²) in [5.74, 6) is 0.203. The number of benzene rings is 1. The number of hydrogen-bond acceptors (Lipinski definition) is 2. The summed E-state index contributed by atoms with van der Waals surface area (Å²) in [6, 6.07) is 5.61. The van der Waals surface area contributed by atoms with Gasteiger partial charge in [0.1, 0.15) is 5.75 Å². The molecule has 0 spiro atoms. The van der Waals surface area contributed by atoms with E-state index in [0.29, 0.717) is 5.56 Å². The van der Waals surface area contributed by atoms with Crippen LogP contribution in [0.15, 0.2) is 18.2 Å². The molecule has 0 saturated heterocycles. The van der Waals surface area contributed by atoms with Crippen LogP contribution in [0, 0.1) is 0 Å². The molecule has 1 aromatic carbocycles. The summed E-state index contributed by atoms with van der Waals surface area (Å²) in [7, 11) is 0. The van der Waals surface area contributed by atoms with Crippen molar-refractivity contribution >= 4 is 0 Å². The lowest BCUT2D eigenvalue weighted by Crippen LogP contribution is -1.90. The minimum atomic E-state index is -0.0845. The number of unbranched alkanes of at least 4 members (excludes halogenated alkanes) is 17. The Hall–Kier alpha value is -1.02. The second kappa shape index (κ2) is 19.0. The average Bonchev–Trinajstić information content (AvgIpc) is 2.74. The number of aliphatic hydroxyl groups excluding tert-OH is 1. The molecule has 2 nitrogen and oxygen atoms in total. The molecule has 0 unspecified atom stereocenters. The zero-order valence-corrected chi connectivity index (χ0v) is 19.3. The summed E-state index contributed by atoms with van der Waals surface area (Å²) >= 11 is 0. The first-order chi connectivity index (χ1) is 14.3. The van der Waals surface area contributed by atoms with Gasteiger partial charge < -0.3 is 10.2 Å². The van der Waals surface area contributed by atoms with Gasteiger partial charge in [0.15, 0.2) is 0 Å². The first-order valence-electron chi connectivity index (χ1n) is 12.7. The van der Waals surface area contributed by atoms with Crippen molar-refractivity contribution in [3.63, 3.8) is 0 Å². The van der Waals surface area contributed by atoms with Gasteiger partial charge in [0.2, 0.25) is 0 Å². The molecule has 0 aromatic heterocycles. The van der Waals surface area contributed by atoms with Crippen LogP contribution >= 0.6 is 0 Å². The van der Waals surface area contributed by atoms with Crippen molar-refractivity contribution in [1.29, 1.82) is 0 Å². The number of aromatic hydroxyl groups is 1. The van der Waals surface area contributed by atoms with E-state index in [4.69, 9.17) is 0 Å². The van der Waals surface area contributed by atoms with E-state index in [1.165, 1.54) is 121 Å². The zero-order chi connectivity index (χ0) is 21.0. The predicted molar refractivity (Wildman–Crippen MR) is 127 cm³/mol. The van der Waals surface area contributed by atoms with E-state index in [1.807, 2.05) is 12.1 Å². The molecule has 0 bridgehead atoms. The van der Waals surface area contributed by atoms with E-state index in [1.54, 1.807) is 6.07 Å². The number of phenols is 1. The largest absolute Gasteiger partial charge is 0.508 e. The van der Waals surface area contributed by atoms with Crippen molar-refractivity contribution in [2.75, 3.05) is 0 Å². The molecule has 0 amide bonds. The molecule has 0 aliphatic rings. The fourth-order valence-corrected chi connectivity index (χ4v) is 4.15. The van der Waals surface area contributed by atoms with Crippen LogP contribution in [0.3, 0.4) is 0 Å². The molecule has 0 aliphatic carbocycles. The van der Waals surface area contributed by atoms with Gasteiger partial charge in [-0.1, -0.05) is 122 Å². The second-order valence-corrected chi connectivity index (χ2v) is 8.88. The van der Waals surface area contributed by atoms with E-state index in [0.717, 1.165) is 6.42 Å². The third kappa shape index (κ3) is 14.6. The van der Waals surface area contributed by atoms with E-state index >= 15 is 0 Å². The molecule has 0 fully saturated rings. The Morgan fingerprint density at radius 3 is 1.41 bits per heavy atom. The number of aryl methyl sites for hydroxylation is 1. The van der Waals surface area contributed by atoms with E-state index < -0.39 is 0 Å². The zero-order valence-electron chi connectivity index (χ0n) is 19.3. The SMILES string of the molecule is CCCCCCCCCCCCCCCCCCCCc1ccc(O)c(CO)c1. The Morgan fingerprint density at radius 1 is 0.586 bits per heavy atom. The highest BCUT2D eigenvalue weighted by Crippen LogP contribution is 2.20. The van der Waals surface area contributed by atoms with Crippen molar-refractivity contribution in [2.45, 2.75) is 136 Å².